The maximum atomic E-state index is 11.6. The Morgan fingerprint density at radius 1 is 1.53 bits per heavy atom. The van der Waals surface area contributed by atoms with Crippen molar-refractivity contribution in [3.63, 3.8) is 0 Å². The molecule has 0 radical (unpaired) electrons. The topological polar surface area (TPSA) is 40.6 Å². The average molecular weight is 255 g/mol. The minimum Gasteiger partial charge on any atom is -0.306 e. The van der Waals surface area contributed by atoms with E-state index in [9.17, 15) is 8.42 Å². The molecule has 15 heavy (non-hydrogen) atoms. The van der Waals surface area contributed by atoms with Crippen LogP contribution >= 0.6 is 11.6 Å². The first-order valence-corrected chi connectivity index (χ1v) is 7.28. The molecule has 0 aliphatic carbocycles. The summed E-state index contributed by atoms with van der Waals surface area (Å²) in [7, 11) is 0.569. The Hall–Kier alpha value is 0.160. The van der Waals surface area contributed by atoms with Gasteiger partial charge in [0, 0.05) is 26.0 Å². The van der Waals surface area contributed by atoms with E-state index in [4.69, 9.17) is 11.6 Å². The lowest BCUT2D eigenvalue weighted by molar-refractivity contribution is 0.357. The molecule has 1 rings (SSSR count). The second kappa shape index (κ2) is 5.48. The maximum Gasteiger partial charge on any atom is 0.215 e. The third-order valence-electron chi connectivity index (χ3n) is 2.81. The SMILES string of the molecule is CN1CCC(CN(C)S(=O)(=O)CCCl)C1. The normalized spacial score (nSPS) is 23.9. The molecule has 0 spiro atoms. The van der Waals surface area contributed by atoms with Gasteiger partial charge in [0.05, 0.1) is 5.75 Å². The van der Waals surface area contributed by atoms with Crippen LogP contribution in [0.1, 0.15) is 6.42 Å². The zero-order valence-corrected chi connectivity index (χ0v) is 10.9. The molecule has 1 atom stereocenters. The summed E-state index contributed by atoms with van der Waals surface area (Å²) in [4.78, 5) is 2.23. The highest BCUT2D eigenvalue weighted by Crippen LogP contribution is 2.16. The maximum absolute atomic E-state index is 11.6. The van der Waals surface area contributed by atoms with Gasteiger partial charge in [-0.15, -0.1) is 11.6 Å². The van der Waals surface area contributed by atoms with Gasteiger partial charge in [-0.05, 0) is 25.9 Å². The van der Waals surface area contributed by atoms with Crippen LogP contribution < -0.4 is 0 Å². The lowest BCUT2D eigenvalue weighted by Crippen LogP contribution is -2.34. The van der Waals surface area contributed by atoms with Crippen LogP contribution in [0, 0.1) is 5.92 Å². The van der Waals surface area contributed by atoms with E-state index < -0.39 is 10.0 Å². The minimum atomic E-state index is -3.13. The van der Waals surface area contributed by atoms with Crippen LogP contribution in [-0.2, 0) is 10.0 Å². The Morgan fingerprint density at radius 3 is 2.67 bits per heavy atom. The number of sulfonamides is 1. The van der Waals surface area contributed by atoms with Gasteiger partial charge in [0.1, 0.15) is 0 Å². The van der Waals surface area contributed by atoms with Crippen LogP contribution in [0.2, 0.25) is 0 Å². The van der Waals surface area contributed by atoms with Crippen molar-refractivity contribution in [2.75, 3.05) is 45.4 Å². The molecule has 1 unspecified atom stereocenters. The zero-order chi connectivity index (χ0) is 11.5. The van der Waals surface area contributed by atoms with Crippen LogP contribution in [0.5, 0.6) is 0 Å². The van der Waals surface area contributed by atoms with E-state index >= 15 is 0 Å². The molecular formula is C9H19ClN2O2S. The van der Waals surface area contributed by atoms with Crippen LogP contribution in [0.25, 0.3) is 0 Å². The highest BCUT2D eigenvalue weighted by Gasteiger charge is 2.25. The van der Waals surface area contributed by atoms with E-state index in [1.807, 2.05) is 0 Å². The summed E-state index contributed by atoms with van der Waals surface area (Å²) >= 11 is 5.46. The fourth-order valence-electron chi connectivity index (χ4n) is 1.91. The Bertz CT molecular complexity index is 294. The summed E-state index contributed by atoms with van der Waals surface area (Å²) in [6.45, 7) is 2.67. The van der Waals surface area contributed by atoms with Gasteiger partial charge in [0.25, 0.3) is 0 Å². The molecule has 1 fully saturated rings. The Morgan fingerprint density at radius 2 is 2.20 bits per heavy atom. The van der Waals surface area contributed by atoms with Gasteiger partial charge in [-0.1, -0.05) is 0 Å². The predicted octanol–water partition coefficient (Wildman–Crippen LogP) is 0.438. The van der Waals surface area contributed by atoms with E-state index in [-0.39, 0.29) is 11.6 Å². The third-order valence-corrected chi connectivity index (χ3v) is 5.05. The fourth-order valence-corrected chi connectivity index (χ4v) is 3.44. The Kier molecular flexibility index (Phi) is 4.83. The standard InChI is InChI=1S/C9H19ClN2O2S/c1-11-5-3-9(7-11)8-12(2)15(13,14)6-4-10/h9H,3-8H2,1-2H3. The summed E-state index contributed by atoms with van der Waals surface area (Å²) in [5.41, 5.74) is 0. The first kappa shape index (κ1) is 13.2. The number of halogens is 1. The molecule has 90 valence electrons. The highest BCUT2D eigenvalue weighted by molar-refractivity contribution is 7.89. The molecule has 6 heteroatoms. The molecule has 0 N–H and O–H groups in total. The van der Waals surface area contributed by atoms with Gasteiger partial charge in [-0.3, -0.25) is 0 Å². The van der Waals surface area contributed by atoms with Crippen molar-refractivity contribution < 1.29 is 8.42 Å². The van der Waals surface area contributed by atoms with Crippen molar-refractivity contribution in [2.24, 2.45) is 5.92 Å². The van der Waals surface area contributed by atoms with Crippen molar-refractivity contribution in [1.29, 1.82) is 0 Å². The molecule has 0 aromatic heterocycles. The van der Waals surface area contributed by atoms with Gasteiger partial charge in [-0.25, -0.2) is 12.7 Å². The van der Waals surface area contributed by atoms with Crippen LogP contribution in [0.15, 0.2) is 0 Å². The first-order chi connectivity index (χ1) is 6.95. The Labute approximate surface area is 97.2 Å². The van der Waals surface area contributed by atoms with Gasteiger partial charge in [0.2, 0.25) is 10.0 Å². The van der Waals surface area contributed by atoms with Crippen molar-refractivity contribution in [3.05, 3.63) is 0 Å². The second-order valence-corrected chi connectivity index (χ2v) is 6.78. The first-order valence-electron chi connectivity index (χ1n) is 5.14. The fraction of sp³-hybridized carbons (Fsp3) is 1.00. The number of hydrogen-bond donors (Lipinski definition) is 0. The minimum absolute atomic E-state index is 0.0353. The monoisotopic (exact) mass is 254 g/mol. The van der Waals surface area contributed by atoms with Crippen LogP contribution in [-0.4, -0.2) is 63.0 Å². The lowest BCUT2D eigenvalue weighted by Gasteiger charge is -2.20. The molecule has 0 saturated carbocycles. The average Bonchev–Trinajstić information content (AvgIpc) is 2.51. The summed E-state index contributed by atoms with van der Waals surface area (Å²) in [6, 6.07) is 0. The van der Waals surface area contributed by atoms with E-state index in [2.05, 4.69) is 11.9 Å². The molecule has 0 aromatic carbocycles. The quantitative estimate of drug-likeness (QED) is 0.669. The van der Waals surface area contributed by atoms with Crippen molar-refractivity contribution in [3.8, 4) is 0 Å². The van der Waals surface area contributed by atoms with E-state index in [0.29, 0.717) is 12.5 Å². The smallest absolute Gasteiger partial charge is 0.215 e. The van der Waals surface area contributed by atoms with E-state index in [0.717, 1.165) is 19.5 Å². The summed E-state index contributed by atoms with van der Waals surface area (Å²) < 4.78 is 24.7. The molecule has 0 amide bonds. The summed E-state index contributed by atoms with van der Waals surface area (Å²) in [6.07, 6.45) is 1.08. The molecule has 4 nitrogen and oxygen atoms in total. The molecular weight excluding hydrogens is 236 g/mol. The molecule has 1 aliphatic rings. The number of hydrogen-bond acceptors (Lipinski definition) is 3. The van der Waals surface area contributed by atoms with Gasteiger partial charge in [-0.2, -0.15) is 0 Å². The van der Waals surface area contributed by atoms with Crippen LogP contribution in [0.3, 0.4) is 0 Å². The number of alkyl halides is 1. The summed E-state index contributed by atoms with van der Waals surface area (Å²) in [5.74, 6) is 0.662. The van der Waals surface area contributed by atoms with Crippen molar-refractivity contribution in [1.82, 2.24) is 9.21 Å². The summed E-state index contributed by atoms with van der Waals surface area (Å²) in [5, 5.41) is 0. The van der Waals surface area contributed by atoms with Gasteiger partial charge in [0.15, 0.2) is 0 Å². The highest BCUT2D eigenvalue weighted by atomic mass is 35.5. The molecule has 1 saturated heterocycles. The molecule has 1 heterocycles. The van der Waals surface area contributed by atoms with Crippen LogP contribution in [0.4, 0.5) is 0 Å². The van der Waals surface area contributed by atoms with Crippen molar-refractivity contribution >= 4 is 21.6 Å². The molecule has 1 aliphatic heterocycles. The number of nitrogens with zero attached hydrogens (tertiary/aromatic N) is 2. The lowest BCUT2D eigenvalue weighted by atomic mass is 10.1. The Balaban J connectivity index is 2.45. The van der Waals surface area contributed by atoms with Gasteiger partial charge >= 0.3 is 0 Å². The predicted molar refractivity (Wildman–Crippen MR) is 62.7 cm³/mol. The zero-order valence-electron chi connectivity index (χ0n) is 9.32. The second-order valence-electron chi connectivity index (χ2n) is 4.20. The largest absolute Gasteiger partial charge is 0.306 e. The molecule has 0 bridgehead atoms. The third kappa shape index (κ3) is 3.90. The molecule has 0 aromatic rings. The van der Waals surface area contributed by atoms with E-state index in [1.54, 1.807) is 7.05 Å². The van der Waals surface area contributed by atoms with E-state index in [1.165, 1.54) is 4.31 Å². The number of likely N-dealkylation sites (tertiary alicyclic amines) is 1. The van der Waals surface area contributed by atoms with Crippen molar-refractivity contribution in [2.45, 2.75) is 6.42 Å². The number of rotatable bonds is 5. The van der Waals surface area contributed by atoms with Gasteiger partial charge < -0.3 is 4.90 Å².